The topological polar surface area (TPSA) is 9.23 Å². The average molecular weight is 224 g/mol. The van der Waals surface area contributed by atoms with Crippen molar-refractivity contribution in [3.8, 4) is 0 Å². The van der Waals surface area contributed by atoms with Gasteiger partial charge in [0.25, 0.3) is 0 Å². The zero-order valence-corrected chi connectivity index (χ0v) is 10.2. The number of hydrogen-bond donors (Lipinski definition) is 0. The fourth-order valence-corrected chi connectivity index (χ4v) is 2.60. The molecule has 0 aliphatic heterocycles. The van der Waals surface area contributed by atoms with Gasteiger partial charge >= 0.3 is 0 Å². The van der Waals surface area contributed by atoms with Gasteiger partial charge in [-0.25, -0.2) is 0 Å². The van der Waals surface area contributed by atoms with E-state index in [9.17, 15) is 0 Å². The minimum Gasteiger partial charge on any atom is -0.370 e. The Bertz CT molecular complexity index is 628. The minimum absolute atomic E-state index is 0.225. The Hall–Kier alpha value is -1.60. The highest BCUT2D eigenvalue weighted by Crippen LogP contribution is 2.31. The summed E-state index contributed by atoms with van der Waals surface area (Å²) in [5.74, 6) is 0. The summed E-state index contributed by atoms with van der Waals surface area (Å²) in [5, 5.41) is 2.64. The molecule has 0 radical (unpaired) electrons. The highest BCUT2D eigenvalue weighted by Gasteiger charge is 2.27. The van der Waals surface area contributed by atoms with E-state index in [4.69, 9.17) is 4.74 Å². The molecule has 1 aromatic rings. The first kappa shape index (κ1) is 10.5. The van der Waals surface area contributed by atoms with Crippen LogP contribution in [0.3, 0.4) is 0 Å². The number of hydrogen-bond acceptors (Lipinski definition) is 1. The summed E-state index contributed by atoms with van der Waals surface area (Å²) in [4.78, 5) is 0. The molecule has 2 aliphatic rings. The molecule has 0 saturated heterocycles. The number of benzene rings is 1. The van der Waals surface area contributed by atoms with Crippen molar-refractivity contribution in [1.82, 2.24) is 0 Å². The van der Waals surface area contributed by atoms with Crippen LogP contribution in [0.25, 0.3) is 11.6 Å². The van der Waals surface area contributed by atoms with E-state index in [1.165, 1.54) is 21.6 Å². The van der Waals surface area contributed by atoms with Crippen molar-refractivity contribution in [2.24, 2.45) is 0 Å². The molecule has 0 aromatic heterocycles. The summed E-state index contributed by atoms with van der Waals surface area (Å²) < 4.78 is 5.64. The lowest BCUT2D eigenvalue weighted by atomic mass is 9.88. The molecule has 0 saturated carbocycles. The second-order valence-electron chi connectivity index (χ2n) is 4.59. The summed E-state index contributed by atoms with van der Waals surface area (Å²) in [6.45, 7) is 2.15. The second-order valence-corrected chi connectivity index (χ2v) is 4.59. The van der Waals surface area contributed by atoms with Crippen molar-refractivity contribution >= 4 is 11.6 Å². The van der Waals surface area contributed by atoms with Gasteiger partial charge in [-0.2, -0.15) is 0 Å². The second kappa shape index (κ2) is 3.71. The van der Waals surface area contributed by atoms with Crippen molar-refractivity contribution in [2.45, 2.75) is 18.9 Å². The first-order chi connectivity index (χ1) is 8.28. The summed E-state index contributed by atoms with van der Waals surface area (Å²) in [5.41, 5.74) is 2.39. The molecule has 86 valence electrons. The van der Waals surface area contributed by atoms with Crippen molar-refractivity contribution < 1.29 is 4.74 Å². The lowest BCUT2D eigenvalue weighted by molar-refractivity contribution is 0.0702. The molecule has 1 aromatic carbocycles. The van der Waals surface area contributed by atoms with E-state index >= 15 is 0 Å². The van der Waals surface area contributed by atoms with Crippen LogP contribution in [-0.2, 0) is 4.74 Å². The van der Waals surface area contributed by atoms with Crippen LogP contribution in [-0.4, -0.2) is 12.7 Å². The number of allylic oxidation sites excluding steroid dienone is 2. The summed E-state index contributed by atoms with van der Waals surface area (Å²) in [6, 6.07) is 8.52. The van der Waals surface area contributed by atoms with Crippen LogP contribution < -0.4 is 10.4 Å². The third kappa shape index (κ3) is 1.50. The Labute approximate surface area is 101 Å². The fraction of sp³-hybridized carbons (Fsp3) is 0.250. The van der Waals surface area contributed by atoms with E-state index in [2.05, 4.69) is 55.5 Å². The summed E-state index contributed by atoms with van der Waals surface area (Å²) in [6.07, 6.45) is 9.81. The first-order valence-corrected chi connectivity index (χ1v) is 6.07. The summed E-state index contributed by atoms with van der Waals surface area (Å²) >= 11 is 0. The Kier molecular flexibility index (Phi) is 2.30. The third-order valence-electron chi connectivity index (χ3n) is 3.74. The predicted molar refractivity (Wildman–Crippen MR) is 70.8 cm³/mol. The SMILES string of the molecule is CCC1(OC)C=CC2=c3ccccc3=CC2=C1. The van der Waals surface area contributed by atoms with Crippen LogP contribution >= 0.6 is 0 Å². The van der Waals surface area contributed by atoms with Crippen LogP contribution in [0.1, 0.15) is 13.3 Å². The number of ether oxygens (including phenoxy) is 1. The molecule has 1 atom stereocenters. The smallest absolute Gasteiger partial charge is 0.105 e. The molecule has 0 amide bonds. The molecular weight excluding hydrogens is 208 g/mol. The maximum atomic E-state index is 5.64. The largest absolute Gasteiger partial charge is 0.370 e. The molecule has 0 N–H and O–H groups in total. The quantitative estimate of drug-likeness (QED) is 0.746. The Morgan fingerprint density at radius 2 is 2.06 bits per heavy atom. The van der Waals surface area contributed by atoms with Gasteiger partial charge in [-0.15, -0.1) is 0 Å². The molecule has 1 unspecified atom stereocenters. The van der Waals surface area contributed by atoms with Crippen molar-refractivity contribution in [3.05, 3.63) is 58.5 Å². The van der Waals surface area contributed by atoms with Gasteiger partial charge in [0.2, 0.25) is 0 Å². The maximum Gasteiger partial charge on any atom is 0.105 e. The van der Waals surface area contributed by atoms with Gasteiger partial charge in [0.05, 0.1) is 0 Å². The molecule has 1 nitrogen and oxygen atoms in total. The molecule has 0 spiro atoms. The van der Waals surface area contributed by atoms with E-state index in [-0.39, 0.29) is 5.60 Å². The van der Waals surface area contributed by atoms with E-state index < -0.39 is 0 Å². The lowest BCUT2D eigenvalue weighted by Gasteiger charge is -2.28. The average Bonchev–Trinajstić information content (AvgIpc) is 2.75. The van der Waals surface area contributed by atoms with Gasteiger partial charge in [0, 0.05) is 7.11 Å². The molecule has 1 heteroatoms. The van der Waals surface area contributed by atoms with Crippen LogP contribution in [0, 0.1) is 0 Å². The van der Waals surface area contributed by atoms with Crippen molar-refractivity contribution in [2.75, 3.05) is 7.11 Å². The van der Waals surface area contributed by atoms with E-state index in [1.54, 1.807) is 7.11 Å². The maximum absolute atomic E-state index is 5.64. The lowest BCUT2D eigenvalue weighted by Crippen LogP contribution is -2.28. The number of methoxy groups -OCH3 is 1. The summed E-state index contributed by atoms with van der Waals surface area (Å²) in [7, 11) is 1.78. The molecule has 2 aliphatic carbocycles. The minimum atomic E-state index is -0.225. The molecule has 0 fully saturated rings. The van der Waals surface area contributed by atoms with E-state index in [1.807, 2.05) is 0 Å². The van der Waals surface area contributed by atoms with Crippen LogP contribution in [0.5, 0.6) is 0 Å². The zero-order chi connectivity index (χ0) is 11.9. The Balaban J connectivity index is 2.23. The number of fused-ring (bicyclic) bond motifs is 2. The van der Waals surface area contributed by atoms with Crippen LogP contribution in [0.2, 0.25) is 0 Å². The van der Waals surface area contributed by atoms with Crippen LogP contribution in [0.15, 0.2) is 48.1 Å². The predicted octanol–water partition coefficient (Wildman–Crippen LogP) is 1.92. The van der Waals surface area contributed by atoms with E-state index in [0.717, 1.165) is 6.42 Å². The molecule has 3 rings (SSSR count). The monoisotopic (exact) mass is 224 g/mol. The molecular formula is C16H16O. The van der Waals surface area contributed by atoms with Gasteiger partial charge in [-0.3, -0.25) is 0 Å². The van der Waals surface area contributed by atoms with Crippen molar-refractivity contribution in [1.29, 1.82) is 0 Å². The van der Waals surface area contributed by atoms with Gasteiger partial charge in [0.1, 0.15) is 5.60 Å². The Morgan fingerprint density at radius 3 is 2.82 bits per heavy atom. The Morgan fingerprint density at radius 1 is 1.24 bits per heavy atom. The van der Waals surface area contributed by atoms with Gasteiger partial charge in [0.15, 0.2) is 0 Å². The van der Waals surface area contributed by atoms with Gasteiger partial charge in [-0.05, 0) is 46.2 Å². The molecule has 17 heavy (non-hydrogen) atoms. The molecule has 0 heterocycles. The van der Waals surface area contributed by atoms with E-state index in [0.29, 0.717) is 0 Å². The van der Waals surface area contributed by atoms with Crippen LogP contribution in [0.4, 0.5) is 0 Å². The molecule has 0 bridgehead atoms. The zero-order valence-electron chi connectivity index (χ0n) is 10.2. The standard InChI is InChI=1S/C16H16O/c1-3-16(17-2)9-8-15-13(11-16)10-12-6-4-5-7-14(12)15/h4-11H,3H2,1-2H3. The highest BCUT2D eigenvalue weighted by molar-refractivity contribution is 5.88. The van der Waals surface area contributed by atoms with Gasteiger partial charge < -0.3 is 4.74 Å². The van der Waals surface area contributed by atoms with Crippen molar-refractivity contribution in [3.63, 3.8) is 0 Å². The first-order valence-electron chi connectivity index (χ1n) is 6.07. The highest BCUT2D eigenvalue weighted by atomic mass is 16.5. The third-order valence-corrected chi connectivity index (χ3v) is 3.74. The number of rotatable bonds is 2. The van der Waals surface area contributed by atoms with Gasteiger partial charge in [-0.1, -0.05) is 37.3 Å². The normalized spacial score (nSPS) is 25.1. The fourth-order valence-electron chi connectivity index (χ4n) is 2.60.